The van der Waals surface area contributed by atoms with Gasteiger partial charge in [-0.05, 0) is 29.5 Å². The molecule has 0 aliphatic carbocycles. The van der Waals surface area contributed by atoms with Gasteiger partial charge in [0.05, 0.1) is 6.61 Å². The van der Waals surface area contributed by atoms with E-state index in [9.17, 15) is 4.79 Å². The average molecular weight is 319 g/mol. The van der Waals surface area contributed by atoms with E-state index in [4.69, 9.17) is 4.74 Å². The number of aromatic nitrogens is 2. The summed E-state index contributed by atoms with van der Waals surface area (Å²) in [5.41, 5.74) is 1.41. The van der Waals surface area contributed by atoms with Crippen molar-refractivity contribution in [3.8, 4) is 5.75 Å². The maximum atomic E-state index is 11.6. The summed E-state index contributed by atoms with van der Waals surface area (Å²) in [7, 11) is 0. The second-order valence-corrected chi connectivity index (χ2v) is 6.80. The van der Waals surface area contributed by atoms with E-state index in [1.54, 1.807) is 0 Å². The van der Waals surface area contributed by atoms with Crippen LogP contribution >= 0.6 is 11.5 Å². The van der Waals surface area contributed by atoms with Crippen LogP contribution in [0.25, 0.3) is 0 Å². The van der Waals surface area contributed by atoms with Gasteiger partial charge in [0.2, 0.25) is 11.0 Å². The summed E-state index contributed by atoms with van der Waals surface area (Å²) in [6.07, 6.45) is 2.48. The molecule has 0 spiro atoms. The highest BCUT2D eigenvalue weighted by molar-refractivity contribution is 7.09. The van der Waals surface area contributed by atoms with Gasteiger partial charge in [-0.25, -0.2) is 4.98 Å². The predicted molar refractivity (Wildman–Crippen MR) is 88.4 cm³/mol. The fourth-order valence-corrected chi connectivity index (χ4v) is 2.33. The van der Waals surface area contributed by atoms with Gasteiger partial charge in [0.1, 0.15) is 12.1 Å². The van der Waals surface area contributed by atoms with E-state index in [0.717, 1.165) is 5.75 Å². The molecule has 0 aliphatic rings. The quantitative estimate of drug-likeness (QED) is 0.826. The van der Waals surface area contributed by atoms with Crippen LogP contribution in [0.4, 0.5) is 5.13 Å². The molecule has 1 aromatic heterocycles. The normalized spacial score (nSPS) is 11.2. The van der Waals surface area contributed by atoms with Crippen LogP contribution in [0.3, 0.4) is 0 Å². The van der Waals surface area contributed by atoms with Crippen molar-refractivity contribution in [3.05, 3.63) is 36.2 Å². The van der Waals surface area contributed by atoms with Gasteiger partial charge in [-0.2, -0.15) is 4.37 Å². The lowest BCUT2D eigenvalue weighted by Gasteiger charge is -2.19. The monoisotopic (exact) mass is 319 g/mol. The molecule has 1 aromatic carbocycles. The summed E-state index contributed by atoms with van der Waals surface area (Å²) >= 11 is 1.17. The van der Waals surface area contributed by atoms with Gasteiger partial charge in [0.25, 0.3) is 0 Å². The van der Waals surface area contributed by atoms with Crippen LogP contribution in [-0.4, -0.2) is 21.9 Å². The van der Waals surface area contributed by atoms with E-state index in [1.807, 2.05) is 12.1 Å². The second-order valence-electron chi connectivity index (χ2n) is 6.02. The van der Waals surface area contributed by atoms with Crippen LogP contribution < -0.4 is 10.1 Å². The SMILES string of the molecule is CC(C)(C)c1ccc(OCCCC(=O)Nc2ncns2)cc1. The van der Waals surface area contributed by atoms with Crippen LogP contribution in [0.2, 0.25) is 0 Å². The van der Waals surface area contributed by atoms with Crippen LogP contribution in [0.15, 0.2) is 30.6 Å². The van der Waals surface area contributed by atoms with Gasteiger partial charge < -0.3 is 10.1 Å². The number of ether oxygens (including phenoxy) is 1. The Kier molecular flexibility index (Phi) is 5.49. The van der Waals surface area contributed by atoms with Gasteiger partial charge >= 0.3 is 0 Å². The first kappa shape index (κ1) is 16.4. The lowest BCUT2D eigenvalue weighted by atomic mass is 9.87. The van der Waals surface area contributed by atoms with E-state index in [0.29, 0.717) is 24.6 Å². The molecule has 1 heterocycles. The number of carbonyl (C=O) groups is 1. The molecule has 6 heteroatoms. The van der Waals surface area contributed by atoms with Crippen molar-refractivity contribution < 1.29 is 9.53 Å². The van der Waals surface area contributed by atoms with Crippen molar-refractivity contribution in [2.45, 2.75) is 39.0 Å². The number of hydrogen-bond acceptors (Lipinski definition) is 5. The van der Waals surface area contributed by atoms with Crippen molar-refractivity contribution >= 4 is 22.6 Å². The summed E-state index contributed by atoms with van der Waals surface area (Å²) in [4.78, 5) is 15.6. The summed E-state index contributed by atoms with van der Waals surface area (Å²) in [5.74, 6) is 0.765. The zero-order valence-electron chi connectivity index (χ0n) is 13.1. The Morgan fingerprint density at radius 3 is 2.59 bits per heavy atom. The Bertz CT molecular complexity index is 589. The number of rotatable bonds is 6. The van der Waals surface area contributed by atoms with E-state index in [2.05, 4.69) is 47.6 Å². The highest BCUT2D eigenvalue weighted by Crippen LogP contribution is 2.24. The van der Waals surface area contributed by atoms with Crippen molar-refractivity contribution in [1.29, 1.82) is 0 Å². The minimum Gasteiger partial charge on any atom is -0.494 e. The van der Waals surface area contributed by atoms with Crippen molar-refractivity contribution in [1.82, 2.24) is 9.36 Å². The standard InChI is InChI=1S/C16H21N3O2S/c1-16(2,3)12-6-8-13(9-7-12)21-10-4-5-14(20)19-15-17-11-18-22-15/h6-9,11H,4-5,10H2,1-3H3,(H,17,18,19,20). The molecule has 0 saturated carbocycles. The van der Waals surface area contributed by atoms with Crippen LogP contribution in [0, 0.1) is 0 Å². The number of benzene rings is 1. The third-order valence-corrected chi connectivity index (χ3v) is 3.72. The molecule has 0 radical (unpaired) electrons. The van der Waals surface area contributed by atoms with Gasteiger partial charge in [-0.15, -0.1) is 0 Å². The molecule has 0 bridgehead atoms. The molecule has 0 saturated heterocycles. The minimum absolute atomic E-state index is 0.0663. The van der Waals surface area contributed by atoms with Crippen LogP contribution in [-0.2, 0) is 10.2 Å². The lowest BCUT2D eigenvalue weighted by molar-refractivity contribution is -0.116. The van der Waals surface area contributed by atoms with Crippen LogP contribution in [0.5, 0.6) is 5.75 Å². The second kappa shape index (κ2) is 7.35. The lowest BCUT2D eigenvalue weighted by Crippen LogP contribution is -2.12. The van der Waals surface area contributed by atoms with Gasteiger partial charge in [0.15, 0.2) is 0 Å². The molecule has 0 atom stereocenters. The van der Waals surface area contributed by atoms with Crippen molar-refractivity contribution in [3.63, 3.8) is 0 Å². The van der Waals surface area contributed by atoms with Gasteiger partial charge in [-0.1, -0.05) is 32.9 Å². The van der Waals surface area contributed by atoms with Gasteiger partial charge in [0, 0.05) is 18.0 Å². The summed E-state index contributed by atoms with van der Waals surface area (Å²) in [5, 5.41) is 3.23. The number of amides is 1. The average Bonchev–Trinajstić information content (AvgIpc) is 2.96. The zero-order valence-corrected chi connectivity index (χ0v) is 13.9. The largest absolute Gasteiger partial charge is 0.494 e. The number of anilines is 1. The molecular weight excluding hydrogens is 298 g/mol. The fraction of sp³-hybridized carbons (Fsp3) is 0.438. The van der Waals surface area contributed by atoms with Crippen molar-refractivity contribution in [2.75, 3.05) is 11.9 Å². The first-order valence-corrected chi connectivity index (χ1v) is 8.02. The highest BCUT2D eigenvalue weighted by atomic mass is 32.1. The third kappa shape index (κ3) is 5.11. The molecule has 2 rings (SSSR count). The molecule has 0 fully saturated rings. The van der Waals surface area contributed by atoms with E-state index >= 15 is 0 Å². The molecule has 22 heavy (non-hydrogen) atoms. The topological polar surface area (TPSA) is 64.1 Å². The number of carbonyl (C=O) groups excluding carboxylic acids is 1. The maximum absolute atomic E-state index is 11.6. The fourth-order valence-electron chi connectivity index (χ4n) is 1.88. The number of nitrogens with zero attached hydrogens (tertiary/aromatic N) is 2. The Labute approximate surface area is 134 Å². The number of hydrogen-bond donors (Lipinski definition) is 1. The summed E-state index contributed by atoms with van der Waals surface area (Å²) < 4.78 is 9.48. The summed E-state index contributed by atoms with van der Waals surface area (Å²) in [6, 6.07) is 8.11. The smallest absolute Gasteiger partial charge is 0.226 e. The van der Waals surface area contributed by atoms with Crippen LogP contribution in [0.1, 0.15) is 39.2 Å². The highest BCUT2D eigenvalue weighted by Gasteiger charge is 2.13. The molecule has 2 aromatic rings. The Hall–Kier alpha value is -1.95. The molecule has 0 unspecified atom stereocenters. The molecular formula is C16H21N3O2S. The zero-order chi connectivity index (χ0) is 16.0. The van der Waals surface area contributed by atoms with E-state index in [-0.39, 0.29) is 11.3 Å². The maximum Gasteiger partial charge on any atom is 0.226 e. The molecule has 0 aliphatic heterocycles. The van der Waals surface area contributed by atoms with Gasteiger partial charge in [-0.3, -0.25) is 4.79 Å². The molecule has 118 valence electrons. The van der Waals surface area contributed by atoms with E-state index in [1.165, 1.54) is 23.4 Å². The third-order valence-electron chi connectivity index (χ3n) is 3.14. The van der Waals surface area contributed by atoms with E-state index < -0.39 is 0 Å². The molecule has 1 amide bonds. The first-order valence-electron chi connectivity index (χ1n) is 7.25. The molecule has 5 nitrogen and oxygen atoms in total. The Morgan fingerprint density at radius 2 is 2.00 bits per heavy atom. The molecule has 1 N–H and O–H groups in total. The summed E-state index contributed by atoms with van der Waals surface area (Å²) in [6.45, 7) is 7.05. The Balaban J connectivity index is 1.69. The minimum atomic E-state index is -0.0663. The number of nitrogens with one attached hydrogen (secondary N) is 1. The first-order chi connectivity index (χ1) is 10.4. The predicted octanol–water partition coefficient (Wildman–Crippen LogP) is 3.63. The van der Waals surface area contributed by atoms with Crippen molar-refractivity contribution in [2.24, 2.45) is 0 Å². The Morgan fingerprint density at radius 1 is 1.27 bits per heavy atom.